The summed E-state index contributed by atoms with van der Waals surface area (Å²) in [5.41, 5.74) is 0. The Kier molecular flexibility index (Phi) is 23.8. The lowest BCUT2D eigenvalue weighted by Gasteiger charge is -2.08. The molecular formula is C26H46N2O8S. The first kappa shape index (κ1) is 34.7. The highest BCUT2D eigenvalue weighted by Crippen LogP contribution is 2.10. The summed E-state index contributed by atoms with van der Waals surface area (Å²) in [5.74, 6) is -0.885. The minimum atomic E-state index is -1.03. The van der Waals surface area contributed by atoms with Crippen molar-refractivity contribution in [2.45, 2.75) is 117 Å². The SMILES string of the molecule is CCCCCCCCCC(=O)OCOC(=O)N=C(NC(=O)OCOC(=O)CCCCCCCCC)SC. The van der Waals surface area contributed by atoms with E-state index >= 15 is 0 Å². The van der Waals surface area contributed by atoms with Gasteiger partial charge in [-0.15, -0.1) is 0 Å². The van der Waals surface area contributed by atoms with E-state index in [0.717, 1.165) is 50.3 Å². The Labute approximate surface area is 226 Å². The second kappa shape index (κ2) is 25.4. The van der Waals surface area contributed by atoms with Crippen LogP contribution in [0.5, 0.6) is 0 Å². The van der Waals surface area contributed by atoms with Gasteiger partial charge >= 0.3 is 24.1 Å². The van der Waals surface area contributed by atoms with Crippen LogP contribution < -0.4 is 5.32 Å². The molecule has 0 saturated carbocycles. The van der Waals surface area contributed by atoms with Crippen molar-refractivity contribution in [2.24, 2.45) is 4.99 Å². The smallest absolute Gasteiger partial charge is 0.428 e. The third-order valence-corrected chi connectivity index (χ3v) is 5.96. The summed E-state index contributed by atoms with van der Waals surface area (Å²) >= 11 is 0.969. The highest BCUT2D eigenvalue weighted by Gasteiger charge is 2.12. The van der Waals surface area contributed by atoms with Gasteiger partial charge in [0.05, 0.1) is 0 Å². The predicted molar refractivity (Wildman–Crippen MR) is 144 cm³/mol. The fourth-order valence-corrected chi connectivity index (χ4v) is 3.61. The zero-order chi connectivity index (χ0) is 27.6. The van der Waals surface area contributed by atoms with Gasteiger partial charge in [-0.2, -0.15) is 4.99 Å². The lowest BCUT2D eigenvalue weighted by molar-refractivity contribution is -0.152. The number of thioether (sulfide) groups is 1. The van der Waals surface area contributed by atoms with Crippen LogP contribution in [0, 0.1) is 0 Å². The van der Waals surface area contributed by atoms with Gasteiger partial charge in [-0.25, -0.2) is 9.59 Å². The molecule has 0 bridgehead atoms. The van der Waals surface area contributed by atoms with E-state index in [1.165, 1.54) is 51.4 Å². The summed E-state index contributed by atoms with van der Waals surface area (Å²) in [5, 5.41) is 2.17. The minimum absolute atomic E-state index is 0.0844. The van der Waals surface area contributed by atoms with E-state index in [0.29, 0.717) is 0 Å². The van der Waals surface area contributed by atoms with Gasteiger partial charge in [0.15, 0.2) is 5.17 Å². The first-order chi connectivity index (χ1) is 17.9. The van der Waals surface area contributed by atoms with Gasteiger partial charge in [0, 0.05) is 12.8 Å². The monoisotopic (exact) mass is 546 g/mol. The van der Waals surface area contributed by atoms with E-state index in [-0.39, 0.29) is 18.0 Å². The summed E-state index contributed by atoms with van der Waals surface area (Å²) in [6.07, 6.45) is 15.3. The van der Waals surface area contributed by atoms with Crippen molar-refractivity contribution in [3.63, 3.8) is 0 Å². The second-order valence-corrected chi connectivity index (χ2v) is 9.39. The van der Waals surface area contributed by atoms with Crippen molar-refractivity contribution in [3.05, 3.63) is 0 Å². The first-order valence-corrected chi connectivity index (χ1v) is 14.7. The summed E-state index contributed by atoms with van der Waals surface area (Å²) in [4.78, 5) is 50.6. The Bertz CT molecular complexity index is 673. The van der Waals surface area contributed by atoms with E-state index in [2.05, 4.69) is 24.2 Å². The number of aliphatic imine (C=N–C) groups is 1. The maximum atomic E-state index is 11.8. The fraction of sp³-hybridized carbons (Fsp3) is 0.808. The topological polar surface area (TPSA) is 130 Å². The normalized spacial score (nSPS) is 11.1. The number of esters is 2. The molecule has 0 aliphatic heterocycles. The van der Waals surface area contributed by atoms with E-state index in [1.807, 2.05) is 0 Å². The van der Waals surface area contributed by atoms with Gasteiger partial charge < -0.3 is 18.9 Å². The molecule has 37 heavy (non-hydrogen) atoms. The predicted octanol–water partition coefficient (Wildman–Crippen LogP) is 6.85. The zero-order valence-electron chi connectivity index (χ0n) is 22.8. The lowest BCUT2D eigenvalue weighted by Crippen LogP contribution is -2.30. The molecule has 1 N–H and O–H groups in total. The van der Waals surface area contributed by atoms with Crippen LogP contribution in [0.2, 0.25) is 0 Å². The second-order valence-electron chi connectivity index (χ2n) is 8.60. The molecule has 0 spiro atoms. The molecule has 0 rings (SSSR count). The molecule has 0 atom stereocenters. The van der Waals surface area contributed by atoms with Crippen LogP contribution in [0.25, 0.3) is 0 Å². The number of hydrogen-bond donors (Lipinski definition) is 1. The van der Waals surface area contributed by atoms with Gasteiger partial charge in [0.1, 0.15) is 0 Å². The molecule has 0 heterocycles. The number of ether oxygens (including phenoxy) is 4. The maximum absolute atomic E-state index is 11.8. The highest BCUT2D eigenvalue weighted by molar-refractivity contribution is 8.13. The third-order valence-electron chi connectivity index (χ3n) is 5.38. The summed E-state index contributed by atoms with van der Waals surface area (Å²) in [6, 6.07) is 0. The van der Waals surface area contributed by atoms with Gasteiger partial charge in [0.25, 0.3) is 0 Å². The van der Waals surface area contributed by atoms with Gasteiger partial charge in [-0.05, 0) is 19.1 Å². The van der Waals surface area contributed by atoms with Gasteiger partial charge in [0.2, 0.25) is 13.6 Å². The Morgan fingerprint density at radius 2 is 1.05 bits per heavy atom. The Balaban J connectivity index is 3.94. The Morgan fingerprint density at radius 3 is 1.51 bits per heavy atom. The third kappa shape index (κ3) is 23.8. The number of hydrogen-bond acceptors (Lipinski definition) is 9. The van der Waals surface area contributed by atoms with Crippen molar-refractivity contribution in [2.75, 3.05) is 19.8 Å². The van der Waals surface area contributed by atoms with Crippen LogP contribution in [-0.4, -0.2) is 49.1 Å². The molecule has 0 aromatic rings. The molecule has 0 fully saturated rings. The minimum Gasteiger partial charge on any atom is -0.428 e. The molecular weight excluding hydrogens is 500 g/mol. The number of nitrogens with zero attached hydrogens (tertiary/aromatic N) is 1. The zero-order valence-corrected chi connectivity index (χ0v) is 23.7. The number of nitrogens with one attached hydrogen (secondary N) is 1. The molecule has 10 nitrogen and oxygen atoms in total. The average Bonchev–Trinajstić information content (AvgIpc) is 2.87. The van der Waals surface area contributed by atoms with Crippen molar-refractivity contribution in [3.8, 4) is 0 Å². The first-order valence-electron chi connectivity index (χ1n) is 13.5. The largest absolute Gasteiger partial charge is 0.438 e. The van der Waals surface area contributed by atoms with E-state index in [4.69, 9.17) is 18.9 Å². The van der Waals surface area contributed by atoms with Crippen LogP contribution in [0.3, 0.4) is 0 Å². The molecule has 0 aromatic carbocycles. The molecule has 0 aliphatic carbocycles. The highest BCUT2D eigenvalue weighted by atomic mass is 32.2. The molecule has 0 unspecified atom stereocenters. The van der Waals surface area contributed by atoms with Gasteiger partial charge in [-0.1, -0.05) is 103 Å². The lowest BCUT2D eigenvalue weighted by atomic mass is 10.1. The maximum Gasteiger partial charge on any atom is 0.438 e. The standard InChI is InChI=1S/C26H46N2O8S/c1-4-6-8-10-12-14-16-18-22(29)33-20-35-25(31)27-24(37-3)28-26(32)36-21-34-23(30)19-17-15-13-11-9-7-5-2/h4-21H2,1-3H3,(H,27,28,31,32). The van der Waals surface area contributed by atoms with E-state index in [9.17, 15) is 19.2 Å². The number of carbonyl (C=O) groups is 4. The molecule has 0 aliphatic rings. The quantitative estimate of drug-likeness (QED) is 0.0572. The number of amides is 2. The van der Waals surface area contributed by atoms with Crippen molar-refractivity contribution in [1.29, 1.82) is 0 Å². The number of carbonyl (C=O) groups excluding carboxylic acids is 4. The van der Waals surface area contributed by atoms with Crippen LogP contribution in [0.4, 0.5) is 9.59 Å². The molecule has 0 radical (unpaired) electrons. The van der Waals surface area contributed by atoms with Crippen molar-refractivity contribution < 1.29 is 38.1 Å². The molecule has 0 saturated heterocycles. The average molecular weight is 547 g/mol. The molecule has 2 amide bonds. The molecule has 0 aromatic heterocycles. The Hall–Kier alpha value is -2.30. The van der Waals surface area contributed by atoms with Crippen LogP contribution in [0.1, 0.15) is 117 Å². The molecule has 11 heteroatoms. The van der Waals surface area contributed by atoms with Crippen molar-refractivity contribution >= 4 is 41.1 Å². The van der Waals surface area contributed by atoms with Gasteiger partial charge in [-0.3, -0.25) is 14.9 Å². The van der Waals surface area contributed by atoms with E-state index < -0.39 is 37.7 Å². The Morgan fingerprint density at radius 1 is 0.622 bits per heavy atom. The number of rotatable bonds is 20. The number of alkyl carbamates (subject to hydrolysis) is 1. The molecule has 214 valence electrons. The number of amidine groups is 1. The fourth-order valence-electron chi connectivity index (χ4n) is 3.25. The van der Waals surface area contributed by atoms with E-state index in [1.54, 1.807) is 6.26 Å². The summed E-state index contributed by atoms with van der Waals surface area (Å²) in [7, 11) is 0. The number of unbranched alkanes of at least 4 members (excludes halogenated alkanes) is 12. The summed E-state index contributed by atoms with van der Waals surface area (Å²) in [6.45, 7) is 3.24. The summed E-state index contributed by atoms with van der Waals surface area (Å²) < 4.78 is 19.3. The van der Waals surface area contributed by atoms with Crippen LogP contribution >= 0.6 is 11.8 Å². The van der Waals surface area contributed by atoms with Crippen LogP contribution in [-0.2, 0) is 28.5 Å². The van der Waals surface area contributed by atoms with Crippen LogP contribution in [0.15, 0.2) is 4.99 Å². The van der Waals surface area contributed by atoms with Crippen molar-refractivity contribution in [1.82, 2.24) is 5.32 Å².